The van der Waals surface area contributed by atoms with Gasteiger partial charge in [0.25, 0.3) is 0 Å². The van der Waals surface area contributed by atoms with Gasteiger partial charge in [0.1, 0.15) is 18.7 Å². The minimum absolute atomic E-state index is 0.344. The predicted octanol–water partition coefficient (Wildman–Crippen LogP) is 1.63. The van der Waals surface area contributed by atoms with E-state index in [0.717, 1.165) is 5.82 Å². The summed E-state index contributed by atoms with van der Waals surface area (Å²) < 4.78 is 7.16. The van der Waals surface area contributed by atoms with Crippen LogP contribution in [0.15, 0.2) is 24.5 Å². The molecule has 16 heavy (non-hydrogen) atoms. The van der Waals surface area contributed by atoms with Crippen molar-refractivity contribution in [2.24, 2.45) is 7.05 Å². The quantitative estimate of drug-likeness (QED) is 0.826. The molecule has 0 saturated carbocycles. The van der Waals surface area contributed by atoms with E-state index in [4.69, 9.17) is 22.1 Å². The first-order valence-electron chi connectivity index (χ1n) is 4.67. The number of halogens is 1. The Morgan fingerprint density at radius 3 is 2.94 bits per heavy atom. The van der Waals surface area contributed by atoms with Gasteiger partial charge >= 0.3 is 0 Å². The van der Waals surface area contributed by atoms with Crippen molar-refractivity contribution in [3.63, 3.8) is 0 Å². The highest BCUT2D eigenvalue weighted by Gasteiger charge is 2.03. The number of benzene rings is 1. The third kappa shape index (κ3) is 2.25. The van der Waals surface area contributed by atoms with Gasteiger partial charge in [-0.1, -0.05) is 11.6 Å². The molecule has 1 aromatic carbocycles. The summed E-state index contributed by atoms with van der Waals surface area (Å²) in [5.41, 5.74) is 6.12. The molecule has 0 atom stereocenters. The number of anilines is 1. The number of ether oxygens (including phenoxy) is 1. The lowest BCUT2D eigenvalue weighted by atomic mass is 10.3. The highest BCUT2D eigenvalue weighted by molar-refractivity contribution is 6.33. The third-order valence-corrected chi connectivity index (χ3v) is 2.47. The number of aryl methyl sites for hydroxylation is 1. The van der Waals surface area contributed by atoms with Crippen LogP contribution in [-0.4, -0.2) is 14.8 Å². The second-order valence-corrected chi connectivity index (χ2v) is 3.68. The van der Waals surface area contributed by atoms with Crippen molar-refractivity contribution in [2.45, 2.75) is 6.61 Å². The van der Waals surface area contributed by atoms with Gasteiger partial charge in [-0.05, 0) is 12.1 Å². The molecule has 0 unspecified atom stereocenters. The van der Waals surface area contributed by atoms with Gasteiger partial charge < -0.3 is 10.5 Å². The Hall–Kier alpha value is -1.75. The lowest BCUT2D eigenvalue weighted by molar-refractivity contribution is 0.290. The molecule has 0 aliphatic heterocycles. The van der Waals surface area contributed by atoms with Crippen LogP contribution in [0.25, 0.3) is 0 Å². The average molecular weight is 239 g/mol. The number of nitrogens with two attached hydrogens (primary N) is 1. The first kappa shape index (κ1) is 10.8. The van der Waals surface area contributed by atoms with Gasteiger partial charge in [0, 0.05) is 13.1 Å². The maximum Gasteiger partial charge on any atom is 0.164 e. The van der Waals surface area contributed by atoms with Crippen LogP contribution in [0.3, 0.4) is 0 Å². The molecule has 0 radical (unpaired) electrons. The van der Waals surface area contributed by atoms with Gasteiger partial charge in [0.15, 0.2) is 5.82 Å². The maximum absolute atomic E-state index is 5.87. The number of hydrogen-bond donors (Lipinski definition) is 1. The molecular formula is C10H11ClN4O. The Kier molecular flexibility index (Phi) is 2.96. The summed E-state index contributed by atoms with van der Waals surface area (Å²) in [6, 6.07) is 5.14. The lowest BCUT2D eigenvalue weighted by Crippen LogP contribution is -2.04. The Morgan fingerprint density at radius 1 is 1.50 bits per heavy atom. The highest BCUT2D eigenvalue weighted by Crippen LogP contribution is 2.24. The van der Waals surface area contributed by atoms with Crippen molar-refractivity contribution in [3.05, 3.63) is 35.4 Å². The molecule has 5 nitrogen and oxygen atoms in total. The van der Waals surface area contributed by atoms with E-state index in [-0.39, 0.29) is 0 Å². The van der Waals surface area contributed by atoms with Crippen LogP contribution in [0, 0.1) is 0 Å². The molecule has 2 N–H and O–H groups in total. The van der Waals surface area contributed by atoms with E-state index in [2.05, 4.69) is 10.1 Å². The van der Waals surface area contributed by atoms with Gasteiger partial charge in [0.2, 0.25) is 0 Å². The molecule has 84 valence electrons. The second kappa shape index (κ2) is 4.40. The fourth-order valence-corrected chi connectivity index (χ4v) is 1.37. The molecule has 1 aromatic heterocycles. The van der Waals surface area contributed by atoms with Crippen molar-refractivity contribution in [1.29, 1.82) is 0 Å². The molecule has 0 spiro atoms. The van der Waals surface area contributed by atoms with Crippen LogP contribution in [-0.2, 0) is 13.7 Å². The van der Waals surface area contributed by atoms with E-state index in [1.54, 1.807) is 22.9 Å². The molecule has 2 rings (SSSR count). The predicted molar refractivity (Wildman–Crippen MR) is 61.2 cm³/mol. The molecule has 0 saturated heterocycles. The fourth-order valence-electron chi connectivity index (χ4n) is 1.20. The Bertz CT molecular complexity index is 497. The number of rotatable bonds is 3. The first-order chi connectivity index (χ1) is 7.66. The molecule has 0 aliphatic rings. The van der Waals surface area contributed by atoms with E-state index < -0.39 is 0 Å². The molecule has 0 aliphatic carbocycles. The third-order valence-electron chi connectivity index (χ3n) is 2.14. The molecule has 6 heteroatoms. The van der Waals surface area contributed by atoms with Crippen molar-refractivity contribution in [1.82, 2.24) is 14.8 Å². The summed E-state index contributed by atoms with van der Waals surface area (Å²) >= 11 is 5.87. The molecule has 0 fully saturated rings. The topological polar surface area (TPSA) is 66.0 Å². The number of aromatic nitrogens is 3. The highest BCUT2D eigenvalue weighted by atomic mass is 35.5. The summed E-state index contributed by atoms with van der Waals surface area (Å²) in [6.07, 6.45) is 1.48. The normalized spacial score (nSPS) is 10.4. The van der Waals surface area contributed by atoms with Gasteiger partial charge in [-0.25, -0.2) is 4.98 Å². The summed E-state index contributed by atoms with van der Waals surface area (Å²) in [6.45, 7) is 0.344. The fraction of sp³-hybridized carbons (Fsp3) is 0.200. The van der Waals surface area contributed by atoms with E-state index in [1.165, 1.54) is 6.33 Å². The van der Waals surface area contributed by atoms with Gasteiger partial charge in [-0.15, -0.1) is 0 Å². The molecule has 0 amide bonds. The van der Waals surface area contributed by atoms with Crippen molar-refractivity contribution < 1.29 is 4.74 Å². The number of nitrogen functional groups attached to an aromatic ring is 1. The second-order valence-electron chi connectivity index (χ2n) is 3.27. The van der Waals surface area contributed by atoms with Crippen LogP contribution in [0.1, 0.15) is 5.82 Å². The number of hydrogen-bond acceptors (Lipinski definition) is 4. The molecule has 2 aromatic rings. The van der Waals surface area contributed by atoms with Crippen LogP contribution in [0.2, 0.25) is 5.02 Å². The molecule has 1 heterocycles. The van der Waals surface area contributed by atoms with Crippen LogP contribution in [0.5, 0.6) is 5.75 Å². The van der Waals surface area contributed by atoms with Crippen LogP contribution < -0.4 is 10.5 Å². The Balaban J connectivity index is 2.05. The van der Waals surface area contributed by atoms with Crippen LogP contribution in [0.4, 0.5) is 5.69 Å². The van der Waals surface area contributed by atoms with E-state index in [1.807, 2.05) is 7.05 Å². The van der Waals surface area contributed by atoms with Gasteiger partial charge in [-0.2, -0.15) is 5.10 Å². The molecular weight excluding hydrogens is 228 g/mol. The van der Waals surface area contributed by atoms with Gasteiger partial charge in [0.05, 0.1) is 10.7 Å². The van der Waals surface area contributed by atoms with Crippen molar-refractivity contribution in [2.75, 3.05) is 5.73 Å². The van der Waals surface area contributed by atoms with Crippen molar-refractivity contribution >= 4 is 17.3 Å². The van der Waals surface area contributed by atoms with E-state index >= 15 is 0 Å². The smallest absolute Gasteiger partial charge is 0.164 e. The minimum atomic E-state index is 0.344. The average Bonchev–Trinajstić information content (AvgIpc) is 2.66. The Labute approximate surface area is 97.8 Å². The van der Waals surface area contributed by atoms with E-state index in [9.17, 15) is 0 Å². The number of nitrogens with zero attached hydrogens (tertiary/aromatic N) is 3. The summed E-state index contributed by atoms with van der Waals surface area (Å²) in [5.74, 6) is 1.40. The first-order valence-corrected chi connectivity index (χ1v) is 5.05. The van der Waals surface area contributed by atoms with Gasteiger partial charge in [-0.3, -0.25) is 4.68 Å². The van der Waals surface area contributed by atoms with E-state index in [0.29, 0.717) is 23.1 Å². The van der Waals surface area contributed by atoms with Crippen LogP contribution >= 0.6 is 11.6 Å². The maximum atomic E-state index is 5.87. The zero-order valence-electron chi connectivity index (χ0n) is 8.72. The largest absolute Gasteiger partial charge is 0.486 e. The summed E-state index contributed by atoms with van der Waals surface area (Å²) in [7, 11) is 1.81. The summed E-state index contributed by atoms with van der Waals surface area (Å²) in [5, 5.41) is 4.42. The molecule has 0 bridgehead atoms. The zero-order chi connectivity index (χ0) is 11.5. The standard InChI is InChI=1S/C10H11ClN4O/c1-15-10(13-6-14-15)5-16-7-2-3-9(12)8(11)4-7/h2-4,6H,5,12H2,1H3. The lowest BCUT2D eigenvalue weighted by Gasteiger charge is -2.06. The zero-order valence-corrected chi connectivity index (χ0v) is 9.48. The summed E-state index contributed by atoms with van der Waals surface area (Å²) in [4.78, 5) is 4.04. The minimum Gasteiger partial charge on any atom is -0.486 e. The SMILES string of the molecule is Cn1ncnc1COc1ccc(N)c(Cl)c1. The monoisotopic (exact) mass is 238 g/mol. The van der Waals surface area contributed by atoms with Crippen molar-refractivity contribution in [3.8, 4) is 5.75 Å². The Morgan fingerprint density at radius 2 is 2.31 bits per heavy atom.